The molecule has 0 radical (unpaired) electrons. The highest BCUT2D eigenvalue weighted by molar-refractivity contribution is 7.89. The molecule has 0 aliphatic rings. The molecular formula is C23H30N2O6S. The molecule has 174 valence electrons. The lowest BCUT2D eigenvalue weighted by Gasteiger charge is -2.21. The van der Waals surface area contributed by atoms with Crippen LogP contribution in [0.5, 0.6) is 0 Å². The van der Waals surface area contributed by atoms with Gasteiger partial charge in [-0.05, 0) is 48.9 Å². The van der Waals surface area contributed by atoms with Crippen molar-refractivity contribution in [3.8, 4) is 11.1 Å². The Morgan fingerprint density at radius 1 is 0.875 bits per heavy atom. The fraction of sp³-hybridized carbons (Fsp3) is 0.391. The first kappa shape index (κ1) is 25.5. The minimum atomic E-state index is -3.84. The Morgan fingerprint density at radius 3 is 1.84 bits per heavy atom. The van der Waals surface area contributed by atoms with Gasteiger partial charge in [0.15, 0.2) is 0 Å². The molecule has 2 atom stereocenters. The van der Waals surface area contributed by atoms with Gasteiger partial charge in [-0.3, -0.25) is 14.9 Å². The van der Waals surface area contributed by atoms with Crippen LogP contribution in [0.4, 0.5) is 0 Å². The maximum absolute atomic E-state index is 12.6. The van der Waals surface area contributed by atoms with Crippen LogP contribution in [0.25, 0.3) is 11.1 Å². The average Bonchev–Trinajstić information content (AvgIpc) is 2.72. The van der Waals surface area contributed by atoms with E-state index < -0.39 is 34.0 Å². The number of aliphatic carboxylic acids is 2. The van der Waals surface area contributed by atoms with Crippen molar-refractivity contribution < 1.29 is 28.2 Å². The Kier molecular flexibility index (Phi) is 8.94. The van der Waals surface area contributed by atoms with Crippen LogP contribution in [-0.2, 0) is 19.6 Å². The topological polar surface area (TPSA) is 133 Å². The van der Waals surface area contributed by atoms with Gasteiger partial charge in [-0.1, -0.05) is 55.8 Å². The third kappa shape index (κ3) is 7.44. The van der Waals surface area contributed by atoms with Crippen molar-refractivity contribution in [2.45, 2.75) is 50.6 Å². The Bertz CT molecular complexity index is 1020. The highest BCUT2D eigenvalue weighted by Crippen LogP contribution is 2.21. The van der Waals surface area contributed by atoms with Crippen LogP contribution in [0.1, 0.15) is 32.3 Å². The monoisotopic (exact) mass is 462 g/mol. The molecule has 8 nitrogen and oxygen atoms in total. The first-order valence-electron chi connectivity index (χ1n) is 10.4. The summed E-state index contributed by atoms with van der Waals surface area (Å²) in [4.78, 5) is 23.0. The summed E-state index contributed by atoms with van der Waals surface area (Å²) >= 11 is 0. The number of hydrogen-bond acceptors (Lipinski definition) is 5. The first-order valence-corrected chi connectivity index (χ1v) is 11.9. The van der Waals surface area contributed by atoms with Gasteiger partial charge in [0.25, 0.3) is 0 Å². The molecule has 0 bridgehead atoms. The fourth-order valence-electron chi connectivity index (χ4n) is 3.23. The van der Waals surface area contributed by atoms with E-state index in [1.54, 1.807) is 12.1 Å². The van der Waals surface area contributed by atoms with Gasteiger partial charge < -0.3 is 10.2 Å². The molecule has 0 aromatic heterocycles. The maximum atomic E-state index is 12.6. The Balaban J connectivity index is 2.00. The van der Waals surface area contributed by atoms with Crippen LogP contribution in [0.15, 0.2) is 53.4 Å². The minimum Gasteiger partial charge on any atom is -0.480 e. The van der Waals surface area contributed by atoms with E-state index in [4.69, 9.17) is 0 Å². The van der Waals surface area contributed by atoms with Crippen LogP contribution in [0.2, 0.25) is 0 Å². The summed E-state index contributed by atoms with van der Waals surface area (Å²) in [6.07, 6.45) is 0.163. The average molecular weight is 463 g/mol. The summed E-state index contributed by atoms with van der Waals surface area (Å²) in [7, 11) is -3.84. The normalized spacial score (nSPS) is 13.6. The molecule has 0 aliphatic heterocycles. The summed E-state index contributed by atoms with van der Waals surface area (Å²) in [6, 6.07) is 12.1. The molecule has 0 spiro atoms. The number of sulfonamides is 1. The zero-order valence-electron chi connectivity index (χ0n) is 18.4. The van der Waals surface area contributed by atoms with Gasteiger partial charge in [0.2, 0.25) is 10.0 Å². The highest BCUT2D eigenvalue weighted by Gasteiger charge is 2.27. The third-order valence-corrected chi connectivity index (χ3v) is 6.46. The van der Waals surface area contributed by atoms with Gasteiger partial charge in [0.05, 0.1) is 4.90 Å². The molecule has 32 heavy (non-hydrogen) atoms. The van der Waals surface area contributed by atoms with Gasteiger partial charge in [-0.25, -0.2) is 13.1 Å². The molecule has 0 saturated heterocycles. The number of nitrogens with one attached hydrogen (secondary N) is 2. The van der Waals surface area contributed by atoms with E-state index >= 15 is 0 Å². The molecular weight excluding hydrogens is 432 g/mol. The lowest BCUT2D eigenvalue weighted by Crippen LogP contribution is -2.48. The molecule has 0 aliphatic carbocycles. The predicted molar refractivity (Wildman–Crippen MR) is 122 cm³/mol. The van der Waals surface area contributed by atoms with Gasteiger partial charge in [0, 0.05) is 6.54 Å². The van der Waals surface area contributed by atoms with Crippen LogP contribution >= 0.6 is 0 Å². The summed E-state index contributed by atoms with van der Waals surface area (Å²) in [5.74, 6) is -2.32. The quantitative estimate of drug-likeness (QED) is 0.381. The van der Waals surface area contributed by atoms with Crippen molar-refractivity contribution >= 4 is 22.0 Å². The Hall–Kier alpha value is -2.75. The van der Waals surface area contributed by atoms with Crippen LogP contribution in [-0.4, -0.2) is 49.2 Å². The second-order valence-electron chi connectivity index (χ2n) is 8.15. The number of carboxylic acids is 2. The summed E-state index contributed by atoms with van der Waals surface area (Å²) in [5.41, 5.74) is 2.98. The van der Waals surface area contributed by atoms with Crippen molar-refractivity contribution in [2.75, 3.05) is 6.54 Å². The number of hydrogen-bond donors (Lipinski definition) is 4. The zero-order valence-corrected chi connectivity index (χ0v) is 19.2. The lowest BCUT2D eigenvalue weighted by molar-refractivity contribution is -0.143. The molecule has 0 saturated carbocycles. The van der Waals surface area contributed by atoms with E-state index in [0.29, 0.717) is 0 Å². The van der Waals surface area contributed by atoms with Crippen molar-refractivity contribution in [1.29, 1.82) is 0 Å². The highest BCUT2D eigenvalue weighted by atomic mass is 32.2. The molecule has 2 rings (SSSR count). The molecule has 0 fully saturated rings. The van der Waals surface area contributed by atoms with E-state index in [-0.39, 0.29) is 30.2 Å². The van der Waals surface area contributed by atoms with Crippen LogP contribution in [0.3, 0.4) is 0 Å². The van der Waals surface area contributed by atoms with Crippen molar-refractivity contribution in [2.24, 2.45) is 5.92 Å². The molecule has 0 amide bonds. The standard InChI is InChI=1S/C23H30N2O6S/c1-15(2)14-21(23(28)29)25-20(22(26)27)12-13-24-32(30,31)19-10-8-18(9-11-19)17-6-4-16(3)5-7-17/h4-11,15,20-21,24-25H,12-14H2,1-3H3,(H,26,27)(H,28,29)/t20?,21-/m0/s1. The summed E-state index contributed by atoms with van der Waals surface area (Å²) in [5, 5.41) is 21.3. The minimum absolute atomic E-state index is 0.0550. The summed E-state index contributed by atoms with van der Waals surface area (Å²) in [6.45, 7) is 5.51. The number of rotatable bonds is 12. The van der Waals surface area contributed by atoms with Gasteiger partial charge in [0.1, 0.15) is 12.1 Å². The van der Waals surface area contributed by atoms with Gasteiger partial charge >= 0.3 is 11.9 Å². The first-order chi connectivity index (χ1) is 15.0. The zero-order chi connectivity index (χ0) is 23.9. The fourth-order valence-corrected chi connectivity index (χ4v) is 4.27. The lowest BCUT2D eigenvalue weighted by atomic mass is 10.0. The molecule has 0 heterocycles. The van der Waals surface area contributed by atoms with Crippen molar-refractivity contribution in [3.05, 3.63) is 54.1 Å². The van der Waals surface area contributed by atoms with E-state index in [0.717, 1.165) is 16.7 Å². The largest absolute Gasteiger partial charge is 0.480 e. The number of carbonyl (C=O) groups is 2. The molecule has 9 heteroatoms. The van der Waals surface area contributed by atoms with E-state index in [1.165, 1.54) is 12.1 Å². The van der Waals surface area contributed by atoms with Gasteiger partial charge in [-0.15, -0.1) is 0 Å². The second kappa shape index (κ2) is 11.2. The maximum Gasteiger partial charge on any atom is 0.320 e. The van der Waals surface area contributed by atoms with E-state index in [9.17, 15) is 28.2 Å². The number of aryl methyl sites for hydroxylation is 1. The SMILES string of the molecule is Cc1ccc(-c2ccc(S(=O)(=O)NCCC(N[C@@H](CC(C)C)C(=O)O)C(=O)O)cc2)cc1. The summed E-state index contributed by atoms with van der Waals surface area (Å²) < 4.78 is 27.5. The smallest absolute Gasteiger partial charge is 0.320 e. The molecule has 4 N–H and O–H groups in total. The van der Waals surface area contributed by atoms with E-state index in [1.807, 2.05) is 45.0 Å². The third-order valence-electron chi connectivity index (χ3n) is 4.98. The Morgan fingerprint density at radius 2 is 1.38 bits per heavy atom. The predicted octanol–water partition coefficient (Wildman–Crippen LogP) is 2.87. The second-order valence-corrected chi connectivity index (χ2v) is 9.92. The number of benzene rings is 2. The number of carboxylic acid groups (broad SMARTS) is 2. The van der Waals surface area contributed by atoms with Gasteiger partial charge in [-0.2, -0.15) is 0 Å². The van der Waals surface area contributed by atoms with E-state index in [2.05, 4.69) is 10.0 Å². The van der Waals surface area contributed by atoms with Crippen molar-refractivity contribution in [1.82, 2.24) is 10.0 Å². The van der Waals surface area contributed by atoms with Crippen LogP contribution < -0.4 is 10.0 Å². The molecule has 2 aromatic rings. The van der Waals surface area contributed by atoms with Crippen LogP contribution in [0, 0.1) is 12.8 Å². The molecule has 2 aromatic carbocycles. The van der Waals surface area contributed by atoms with Crippen molar-refractivity contribution in [3.63, 3.8) is 0 Å². The Labute approximate surface area is 188 Å². The molecule has 1 unspecified atom stereocenters.